The molecular formula is C12H23N5O. The summed E-state index contributed by atoms with van der Waals surface area (Å²) in [5.74, 6) is 1.32. The van der Waals surface area contributed by atoms with E-state index in [1.807, 2.05) is 4.68 Å². The van der Waals surface area contributed by atoms with Gasteiger partial charge in [0.15, 0.2) is 5.82 Å². The van der Waals surface area contributed by atoms with E-state index in [0.29, 0.717) is 5.92 Å². The number of hydrogen-bond donors (Lipinski definition) is 1. The van der Waals surface area contributed by atoms with Crippen LogP contribution in [0.2, 0.25) is 0 Å². The van der Waals surface area contributed by atoms with Crippen molar-refractivity contribution in [3.05, 3.63) is 5.82 Å². The van der Waals surface area contributed by atoms with Crippen LogP contribution in [-0.4, -0.2) is 49.9 Å². The molecule has 18 heavy (non-hydrogen) atoms. The molecule has 1 aliphatic carbocycles. The molecule has 2 atom stereocenters. The molecule has 1 fully saturated rings. The Morgan fingerprint density at radius 2 is 2.28 bits per heavy atom. The molecule has 1 saturated carbocycles. The fourth-order valence-corrected chi connectivity index (χ4v) is 2.66. The number of aromatic nitrogens is 4. The summed E-state index contributed by atoms with van der Waals surface area (Å²) in [5, 5.41) is 21.6. The van der Waals surface area contributed by atoms with Crippen LogP contribution < -0.4 is 0 Å². The maximum Gasteiger partial charge on any atom is 0.165 e. The lowest BCUT2D eigenvalue weighted by atomic mass is 10.1. The van der Waals surface area contributed by atoms with Crippen molar-refractivity contribution in [1.82, 2.24) is 25.1 Å². The number of aryl methyl sites for hydroxylation is 1. The standard InChI is InChI=1S/C12H23N5O/c1-3-7-17-12(13-14-15-17)9-16(2)8-10-5-4-6-11(10)18/h10-11,18H,3-9H2,1-2H3. The molecule has 2 rings (SSSR count). The van der Waals surface area contributed by atoms with Gasteiger partial charge in [-0.15, -0.1) is 5.10 Å². The monoisotopic (exact) mass is 253 g/mol. The van der Waals surface area contributed by atoms with Crippen LogP contribution in [0, 0.1) is 5.92 Å². The molecule has 0 saturated heterocycles. The average molecular weight is 253 g/mol. The van der Waals surface area contributed by atoms with Gasteiger partial charge in [0.25, 0.3) is 0 Å². The average Bonchev–Trinajstić information content (AvgIpc) is 2.91. The summed E-state index contributed by atoms with van der Waals surface area (Å²) in [6.45, 7) is 4.64. The van der Waals surface area contributed by atoms with Crippen molar-refractivity contribution in [1.29, 1.82) is 0 Å². The third-order valence-electron chi connectivity index (χ3n) is 3.62. The first-order valence-electron chi connectivity index (χ1n) is 6.82. The van der Waals surface area contributed by atoms with E-state index in [-0.39, 0.29) is 6.10 Å². The lowest BCUT2D eigenvalue weighted by Crippen LogP contribution is -2.30. The summed E-state index contributed by atoms with van der Waals surface area (Å²) in [6, 6.07) is 0. The summed E-state index contributed by atoms with van der Waals surface area (Å²) in [5.41, 5.74) is 0. The van der Waals surface area contributed by atoms with Crippen LogP contribution >= 0.6 is 0 Å². The zero-order chi connectivity index (χ0) is 13.0. The van der Waals surface area contributed by atoms with E-state index in [2.05, 4.69) is 34.4 Å². The first-order chi connectivity index (χ1) is 8.70. The summed E-state index contributed by atoms with van der Waals surface area (Å²) in [7, 11) is 2.07. The molecule has 1 aromatic rings. The van der Waals surface area contributed by atoms with Gasteiger partial charge in [0.05, 0.1) is 12.6 Å². The summed E-state index contributed by atoms with van der Waals surface area (Å²) >= 11 is 0. The van der Waals surface area contributed by atoms with Crippen molar-refractivity contribution in [2.24, 2.45) is 5.92 Å². The fourth-order valence-electron chi connectivity index (χ4n) is 2.66. The van der Waals surface area contributed by atoms with E-state index >= 15 is 0 Å². The minimum atomic E-state index is -0.126. The smallest absolute Gasteiger partial charge is 0.165 e. The molecule has 1 aliphatic rings. The Kier molecular flexibility index (Phi) is 4.66. The number of hydrogen-bond acceptors (Lipinski definition) is 5. The zero-order valence-electron chi connectivity index (χ0n) is 11.3. The molecule has 1 heterocycles. The normalized spacial score (nSPS) is 24.0. The first kappa shape index (κ1) is 13.4. The molecule has 0 spiro atoms. The van der Waals surface area contributed by atoms with Crippen LogP contribution in [0.3, 0.4) is 0 Å². The van der Waals surface area contributed by atoms with E-state index in [0.717, 1.165) is 51.1 Å². The van der Waals surface area contributed by atoms with Crippen molar-refractivity contribution in [3.63, 3.8) is 0 Å². The third-order valence-corrected chi connectivity index (χ3v) is 3.62. The molecule has 2 unspecified atom stereocenters. The van der Waals surface area contributed by atoms with Gasteiger partial charge in [-0.2, -0.15) is 0 Å². The van der Waals surface area contributed by atoms with E-state index in [9.17, 15) is 5.11 Å². The highest BCUT2D eigenvalue weighted by molar-refractivity contribution is 4.83. The maximum atomic E-state index is 9.83. The maximum absolute atomic E-state index is 9.83. The second-order valence-corrected chi connectivity index (χ2v) is 5.27. The van der Waals surface area contributed by atoms with Crippen LogP contribution in [0.4, 0.5) is 0 Å². The number of nitrogens with zero attached hydrogens (tertiary/aromatic N) is 5. The lowest BCUT2D eigenvalue weighted by Gasteiger charge is -2.22. The molecule has 6 nitrogen and oxygen atoms in total. The Morgan fingerprint density at radius 3 is 2.94 bits per heavy atom. The van der Waals surface area contributed by atoms with Gasteiger partial charge >= 0.3 is 0 Å². The van der Waals surface area contributed by atoms with Crippen LogP contribution in [0.5, 0.6) is 0 Å². The lowest BCUT2D eigenvalue weighted by molar-refractivity contribution is 0.106. The molecule has 0 aromatic carbocycles. The first-order valence-corrected chi connectivity index (χ1v) is 6.82. The summed E-state index contributed by atoms with van der Waals surface area (Å²) in [4.78, 5) is 2.21. The van der Waals surface area contributed by atoms with Gasteiger partial charge in [-0.25, -0.2) is 4.68 Å². The highest BCUT2D eigenvalue weighted by atomic mass is 16.3. The molecule has 6 heteroatoms. The van der Waals surface area contributed by atoms with Gasteiger partial charge in [-0.05, 0) is 42.7 Å². The Hall–Kier alpha value is -1.01. The Balaban J connectivity index is 1.86. The zero-order valence-corrected chi connectivity index (χ0v) is 11.3. The molecule has 0 radical (unpaired) electrons. The number of aliphatic hydroxyl groups excluding tert-OH is 1. The number of rotatable bonds is 6. The van der Waals surface area contributed by atoms with Gasteiger partial charge in [0.1, 0.15) is 0 Å². The van der Waals surface area contributed by atoms with Crippen molar-refractivity contribution in [2.75, 3.05) is 13.6 Å². The largest absolute Gasteiger partial charge is 0.393 e. The predicted molar refractivity (Wildman–Crippen MR) is 67.8 cm³/mol. The van der Waals surface area contributed by atoms with Gasteiger partial charge in [-0.1, -0.05) is 13.3 Å². The Labute approximate surface area is 108 Å². The van der Waals surface area contributed by atoms with E-state index in [4.69, 9.17) is 0 Å². The van der Waals surface area contributed by atoms with Gasteiger partial charge in [-0.3, -0.25) is 4.90 Å². The predicted octanol–water partition coefficient (Wildman–Crippen LogP) is 0.676. The van der Waals surface area contributed by atoms with Crippen LogP contribution in [0.1, 0.15) is 38.4 Å². The van der Waals surface area contributed by atoms with Crippen molar-refractivity contribution in [2.45, 2.75) is 51.8 Å². The van der Waals surface area contributed by atoms with Crippen molar-refractivity contribution >= 4 is 0 Å². The summed E-state index contributed by atoms with van der Waals surface area (Å²) in [6.07, 6.45) is 4.13. The molecular weight excluding hydrogens is 230 g/mol. The second-order valence-electron chi connectivity index (χ2n) is 5.27. The van der Waals surface area contributed by atoms with Crippen molar-refractivity contribution < 1.29 is 5.11 Å². The highest BCUT2D eigenvalue weighted by Gasteiger charge is 2.26. The fraction of sp³-hybridized carbons (Fsp3) is 0.917. The Bertz CT molecular complexity index is 367. The molecule has 0 bridgehead atoms. The molecule has 102 valence electrons. The highest BCUT2D eigenvalue weighted by Crippen LogP contribution is 2.26. The van der Waals surface area contributed by atoms with Crippen LogP contribution in [0.15, 0.2) is 0 Å². The van der Waals surface area contributed by atoms with E-state index < -0.39 is 0 Å². The van der Waals surface area contributed by atoms with Gasteiger partial charge < -0.3 is 5.11 Å². The summed E-state index contributed by atoms with van der Waals surface area (Å²) < 4.78 is 1.86. The third kappa shape index (κ3) is 3.26. The Morgan fingerprint density at radius 1 is 1.44 bits per heavy atom. The molecule has 0 aliphatic heterocycles. The SMILES string of the molecule is CCCn1nnnc1CN(C)CC1CCCC1O. The topological polar surface area (TPSA) is 67.1 Å². The quantitative estimate of drug-likeness (QED) is 0.807. The van der Waals surface area contributed by atoms with E-state index in [1.54, 1.807) is 0 Å². The van der Waals surface area contributed by atoms with E-state index in [1.165, 1.54) is 0 Å². The van der Waals surface area contributed by atoms with Gasteiger partial charge in [0, 0.05) is 13.1 Å². The molecule has 0 amide bonds. The molecule has 1 aromatic heterocycles. The van der Waals surface area contributed by atoms with Gasteiger partial charge in [0.2, 0.25) is 0 Å². The molecule has 1 N–H and O–H groups in total. The van der Waals surface area contributed by atoms with Crippen molar-refractivity contribution in [3.8, 4) is 0 Å². The number of aliphatic hydroxyl groups is 1. The minimum absolute atomic E-state index is 0.126. The second kappa shape index (κ2) is 6.24. The number of tetrazole rings is 1. The minimum Gasteiger partial charge on any atom is -0.393 e. The van der Waals surface area contributed by atoms with Crippen LogP contribution in [0.25, 0.3) is 0 Å². The van der Waals surface area contributed by atoms with Crippen LogP contribution in [-0.2, 0) is 13.1 Å².